The van der Waals surface area contributed by atoms with Gasteiger partial charge in [0.25, 0.3) is 0 Å². The highest BCUT2D eigenvalue weighted by Gasteiger charge is 2.37. The average molecular weight is 223 g/mol. The molecule has 0 aromatic rings. The maximum atomic E-state index is 11.8. The van der Waals surface area contributed by atoms with Gasteiger partial charge in [-0.2, -0.15) is 0 Å². The van der Waals surface area contributed by atoms with Crippen molar-refractivity contribution in [2.45, 2.75) is 56.9 Å². The molecule has 16 heavy (non-hydrogen) atoms. The lowest BCUT2D eigenvalue weighted by molar-refractivity contribution is -0.124. The molecule has 0 radical (unpaired) electrons. The molecule has 2 N–H and O–H groups in total. The minimum atomic E-state index is -0.285. The quantitative estimate of drug-likeness (QED) is 0.715. The molecule has 0 unspecified atom stereocenters. The molecule has 3 heteroatoms. The summed E-state index contributed by atoms with van der Waals surface area (Å²) in [4.78, 5) is 11.8. The van der Waals surface area contributed by atoms with Crippen LogP contribution in [0.25, 0.3) is 0 Å². The van der Waals surface area contributed by atoms with Crippen LogP contribution in [0.4, 0.5) is 0 Å². The molecule has 1 amide bonds. The van der Waals surface area contributed by atoms with E-state index in [4.69, 9.17) is 0 Å². The Morgan fingerprint density at radius 2 is 2.19 bits per heavy atom. The maximum Gasteiger partial charge on any atom is 0.224 e. The van der Waals surface area contributed by atoms with Gasteiger partial charge in [-0.3, -0.25) is 4.79 Å². The van der Waals surface area contributed by atoms with Crippen LogP contribution in [0.5, 0.6) is 0 Å². The number of carbonyl (C=O) groups is 1. The second-order valence-electron chi connectivity index (χ2n) is 5.13. The highest BCUT2D eigenvalue weighted by molar-refractivity contribution is 5.79. The first-order valence-corrected chi connectivity index (χ1v) is 6.34. The maximum absolute atomic E-state index is 11.8. The van der Waals surface area contributed by atoms with Gasteiger partial charge in [0, 0.05) is 6.42 Å². The Balaban J connectivity index is 1.81. The Kier molecular flexibility index (Phi) is 3.64. The molecule has 2 aliphatic rings. The van der Waals surface area contributed by atoms with Crippen molar-refractivity contribution in [1.82, 2.24) is 5.32 Å². The van der Waals surface area contributed by atoms with Crippen molar-refractivity contribution in [1.29, 1.82) is 0 Å². The Hall–Kier alpha value is -0.830. The zero-order valence-corrected chi connectivity index (χ0v) is 9.80. The van der Waals surface area contributed by atoms with E-state index < -0.39 is 0 Å². The summed E-state index contributed by atoms with van der Waals surface area (Å²) >= 11 is 0. The first kappa shape index (κ1) is 11.6. The smallest absolute Gasteiger partial charge is 0.224 e. The molecule has 0 spiro atoms. The lowest BCUT2D eigenvalue weighted by Gasteiger charge is -2.41. The molecule has 0 aliphatic heterocycles. The normalized spacial score (nSPS) is 23.2. The summed E-state index contributed by atoms with van der Waals surface area (Å²) in [6.45, 7) is 0.0811. The molecule has 90 valence electrons. The first-order chi connectivity index (χ1) is 7.74. The first-order valence-electron chi connectivity index (χ1n) is 6.34. The SMILES string of the molecule is O=C(CC1=CCCCC1)NC1(CO)CCC1. The van der Waals surface area contributed by atoms with E-state index in [-0.39, 0.29) is 18.1 Å². The van der Waals surface area contributed by atoms with E-state index in [1.807, 2.05) is 0 Å². The van der Waals surface area contributed by atoms with Gasteiger partial charge in [0.05, 0.1) is 12.1 Å². The molecule has 2 aliphatic carbocycles. The highest BCUT2D eigenvalue weighted by Crippen LogP contribution is 2.31. The minimum absolute atomic E-state index is 0.0811. The predicted molar refractivity (Wildman–Crippen MR) is 63.0 cm³/mol. The number of aliphatic hydroxyl groups excluding tert-OH is 1. The van der Waals surface area contributed by atoms with Crippen LogP contribution in [0, 0.1) is 0 Å². The van der Waals surface area contributed by atoms with E-state index in [0.29, 0.717) is 6.42 Å². The van der Waals surface area contributed by atoms with Crippen LogP contribution >= 0.6 is 0 Å². The van der Waals surface area contributed by atoms with E-state index in [0.717, 1.165) is 32.1 Å². The number of aliphatic hydroxyl groups is 1. The molecule has 2 rings (SSSR count). The highest BCUT2D eigenvalue weighted by atomic mass is 16.3. The lowest BCUT2D eigenvalue weighted by atomic mass is 9.77. The van der Waals surface area contributed by atoms with E-state index in [2.05, 4.69) is 11.4 Å². The van der Waals surface area contributed by atoms with Crippen LogP contribution in [-0.2, 0) is 4.79 Å². The number of carbonyl (C=O) groups excluding carboxylic acids is 1. The standard InChI is InChI=1S/C13H21NO2/c15-10-13(7-4-8-13)14-12(16)9-11-5-2-1-3-6-11/h5,15H,1-4,6-10H2,(H,14,16). The Morgan fingerprint density at radius 3 is 2.69 bits per heavy atom. The molecular weight excluding hydrogens is 202 g/mol. The second kappa shape index (κ2) is 5.00. The van der Waals surface area contributed by atoms with E-state index in [1.54, 1.807) is 0 Å². The molecule has 1 fully saturated rings. The number of amides is 1. The molecule has 1 saturated carbocycles. The van der Waals surface area contributed by atoms with Gasteiger partial charge in [0.1, 0.15) is 0 Å². The monoisotopic (exact) mass is 223 g/mol. The van der Waals surface area contributed by atoms with Crippen molar-refractivity contribution in [2.24, 2.45) is 0 Å². The van der Waals surface area contributed by atoms with E-state index >= 15 is 0 Å². The fourth-order valence-electron chi connectivity index (χ4n) is 2.54. The number of hydrogen-bond acceptors (Lipinski definition) is 2. The van der Waals surface area contributed by atoms with Crippen LogP contribution < -0.4 is 5.32 Å². The van der Waals surface area contributed by atoms with Crippen molar-refractivity contribution >= 4 is 5.91 Å². The fourth-order valence-corrected chi connectivity index (χ4v) is 2.54. The topological polar surface area (TPSA) is 49.3 Å². The molecule has 0 atom stereocenters. The van der Waals surface area contributed by atoms with Gasteiger partial charge < -0.3 is 10.4 Å². The molecule has 0 heterocycles. The zero-order valence-electron chi connectivity index (χ0n) is 9.80. The van der Waals surface area contributed by atoms with Crippen LogP contribution in [-0.4, -0.2) is 23.2 Å². The zero-order chi connectivity index (χ0) is 11.4. The van der Waals surface area contributed by atoms with Crippen molar-refractivity contribution in [3.63, 3.8) is 0 Å². The van der Waals surface area contributed by atoms with Gasteiger partial charge in [0.15, 0.2) is 0 Å². The van der Waals surface area contributed by atoms with Gasteiger partial charge >= 0.3 is 0 Å². The van der Waals surface area contributed by atoms with Crippen molar-refractivity contribution in [3.8, 4) is 0 Å². The van der Waals surface area contributed by atoms with Crippen LogP contribution in [0.2, 0.25) is 0 Å². The number of hydrogen-bond donors (Lipinski definition) is 2. The van der Waals surface area contributed by atoms with Crippen LogP contribution in [0.15, 0.2) is 11.6 Å². The number of rotatable bonds is 4. The Labute approximate surface area is 96.9 Å². The van der Waals surface area contributed by atoms with Gasteiger partial charge in [0.2, 0.25) is 5.91 Å². The lowest BCUT2D eigenvalue weighted by Crippen LogP contribution is -2.56. The second-order valence-corrected chi connectivity index (χ2v) is 5.13. The van der Waals surface area contributed by atoms with Crippen molar-refractivity contribution in [3.05, 3.63) is 11.6 Å². The summed E-state index contributed by atoms with van der Waals surface area (Å²) in [5.74, 6) is 0.0851. The molecule has 0 aromatic heterocycles. The van der Waals surface area contributed by atoms with Gasteiger partial charge in [-0.15, -0.1) is 0 Å². The fraction of sp³-hybridized carbons (Fsp3) is 0.769. The molecular formula is C13H21NO2. The van der Waals surface area contributed by atoms with Crippen LogP contribution in [0.1, 0.15) is 51.4 Å². The molecule has 0 saturated heterocycles. The Bertz CT molecular complexity index is 287. The van der Waals surface area contributed by atoms with E-state index in [1.165, 1.54) is 18.4 Å². The van der Waals surface area contributed by atoms with Gasteiger partial charge in [-0.25, -0.2) is 0 Å². The Morgan fingerprint density at radius 1 is 1.38 bits per heavy atom. The summed E-state index contributed by atoms with van der Waals surface area (Å²) in [7, 11) is 0. The largest absolute Gasteiger partial charge is 0.394 e. The summed E-state index contributed by atoms with van der Waals surface area (Å²) in [6.07, 6.45) is 10.4. The summed E-state index contributed by atoms with van der Waals surface area (Å²) in [5.41, 5.74) is 0.989. The molecule has 0 aromatic carbocycles. The van der Waals surface area contributed by atoms with Gasteiger partial charge in [-0.1, -0.05) is 11.6 Å². The summed E-state index contributed by atoms with van der Waals surface area (Å²) < 4.78 is 0. The third-order valence-electron chi connectivity index (χ3n) is 3.79. The minimum Gasteiger partial charge on any atom is -0.394 e. The predicted octanol–water partition coefficient (Wildman–Crippen LogP) is 1.91. The molecule has 0 bridgehead atoms. The summed E-state index contributed by atoms with van der Waals surface area (Å²) in [5, 5.41) is 12.3. The van der Waals surface area contributed by atoms with Crippen molar-refractivity contribution < 1.29 is 9.90 Å². The van der Waals surface area contributed by atoms with Gasteiger partial charge in [-0.05, 0) is 44.9 Å². The van der Waals surface area contributed by atoms with Crippen LogP contribution in [0.3, 0.4) is 0 Å². The average Bonchev–Trinajstić information content (AvgIpc) is 2.25. The van der Waals surface area contributed by atoms with Crippen molar-refractivity contribution in [2.75, 3.05) is 6.61 Å². The third-order valence-corrected chi connectivity index (χ3v) is 3.79. The number of allylic oxidation sites excluding steroid dienone is 1. The summed E-state index contributed by atoms with van der Waals surface area (Å²) in [6, 6.07) is 0. The third kappa shape index (κ3) is 2.64. The van der Waals surface area contributed by atoms with E-state index in [9.17, 15) is 9.90 Å². The number of nitrogens with one attached hydrogen (secondary N) is 1. The molecule has 3 nitrogen and oxygen atoms in total.